The van der Waals surface area contributed by atoms with Crippen molar-refractivity contribution in [1.29, 1.82) is 0 Å². The summed E-state index contributed by atoms with van der Waals surface area (Å²) in [6, 6.07) is 3.61. The zero-order valence-corrected chi connectivity index (χ0v) is 8.24. The standard InChI is InChI=1S/C11H12FNO2/c12-10-7-8(14)3-4-9(10)11(15)13-5-1-2-6-13/h3-4,7,14H,1-2,5-6H2. The third-order valence-electron chi connectivity index (χ3n) is 2.58. The molecule has 15 heavy (non-hydrogen) atoms. The molecule has 0 aliphatic carbocycles. The largest absolute Gasteiger partial charge is 0.508 e. The van der Waals surface area contributed by atoms with Crippen LogP contribution in [0.3, 0.4) is 0 Å². The molecule has 0 saturated carbocycles. The first-order valence-electron chi connectivity index (χ1n) is 4.96. The highest BCUT2D eigenvalue weighted by Gasteiger charge is 2.21. The van der Waals surface area contributed by atoms with Gasteiger partial charge in [0.05, 0.1) is 5.56 Å². The Morgan fingerprint density at radius 2 is 2.00 bits per heavy atom. The normalized spacial score (nSPS) is 15.7. The molecule has 1 amide bonds. The van der Waals surface area contributed by atoms with Gasteiger partial charge in [-0.2, -0.15) is 0 Å². The first-order chi connectivity index (χ1) is 7.18. The number of aromatic hydroxyl groups is 1. The van der Waals surface area contributed by atoms with Crippen molar-refractivity contribution in [3.63, 3.8) is 0 Å². The summed E-state index contributed by atoms with van der Waals surface area (Å²) < 4.78 is 13.3. The number of nitrogens with zero attached hydrogens (tertiary/aromatic N) is 1. The Hall–Kier alpha value is -1.58. The first kappa shape index (κ1) is 9.96. The lowest BCUT2D eigenvalue weighted by Crippen LogP contribution is -2.28. The number of hydrogen-bond donors (Lipinski definition) is 1. The Morgan fingerprint density at radius 1 is 1.33 bits per heavy atom. The molecule has 1 aromatic rings. The smallest absolute Gasteiger partial charge is 0.256 e. The number of likely N-dealkylation sites (tertiary alicyclic amines) is 1. The second-order valence-electron chi connectivity index (χ2n) is 3.66. The van der Waals surface area contributed by atoms with Gasteiger partial charge in [-0.3, -0.25) is 4.79 Å². The van der Waals surface area contributed by atoms with E-state index in [2.05, 4.69) is 0 Å². The van der Waals surface area contributed by atoms with Gasteiger partial charge in [-0.1, -0.05) is 0 Å². The fourth-order valence-electron chi connectivity index (χ4n) is 1.77. The molecule has 4 heteroatoms. The molecule has 1 aromatic carbocycles. The zero-order chi connectivity index (χ0) is 10.8. The molecule has 3 nitrogen and oxygen atoms in total. The van der Waals surface area contributed by atoms with Gasteiger partial charge in [0.25, 0.3) is 5.91 Å². The van der Waals surface area contributed by atoms with E-state index in [1.54, 1.807) is 4.90 Å². The first-order valence-corrected chi connectivity index (χ1v) is 4.96. The van der Waals surface area contributed by atoms with Crippen LogP contribution in [0.2, 0.25) is 0 Å². The van der Waals surface area contributed by atoms with Crippen LogP contribution in [-0.2, 0) is 0 Å². The Kier molecular flexibility index (Phi) is 2.58. The summed E-state index contributed by atoms with van der Waals surface area (Å²) in [5, 5.41) is 9.02. The number of rotatable bonds is 1. The average molecular weight is 209 g/mol. The van der Waals surface area contributed by atoms with E-state index in [0.717, 1.165) is 18.9 Å². The summed E-state index contributed by atoms with van der Waals surface area (Å²) in [5.74, 6) is -1.11. The van der Waals surface area contributed by atoms with Crippen molar-refractivity contribution in [3.8, 4) is 5.75 Å². The predicted octanol–water partition coefficient (Wildman–Crippen LogP) is 1.77. The van der Waals surface area contributed by atoms with E-state index in [1.807, 2.05) is 0 Å². The van der Waals surface area contributed by atoms with E-state index in [0.29, 0.717) is 13.1 Å². The van der Waals surface area contributed by atoms with E-state index >= 15 is 0 Å². The third kappa shape index (κ3) is 1.93. The van der Waals surface area contributed by atoms with Crippen LogP contribution >= 0.6 is 0 Å². The van der Waals surface area contributed by atoms with Crippen molar-refractivity contribution in [2.24, 2.45) is 0 Å². The lowest BCUT2D eigenvalue weighted by atomic mass is 10.2. The molecule has 0 bridgehead atoms. The van der Waals surface area contributed by atoms with Gasteiger partial charge in [0, 0.05) is 19.2 Å². The van der Waals surface area contributed by atoms with Crippen molar-refractivity contribution in [2.75, 3.05) is 13.1 Å². The zero-order valence-electron chi connectivity index (χ0n) is 8.24. The van der Waals surface area contributed by atoms with E-state index < -0.39 is 5.82 Å². The van der Waals surface area contributed by atoms with Gasteiger partial charge in [-0.05, 0) is 25.0 Å². The van der Waals surface area contributed by atoms with Crippen LogP contribution in [0, 0.1) is 5.82 Å². The summed E-state index contributed by atoms with van der Waals surface area (Å²) in [4.78, 5) is 13.4. The molecule has 1 aliphatic rings. The molecule has 2 rings (SSSR count). The van der Waals surface area contributed by atoms with Crippen LogP contribution in [0.4, 0.5) is 4.39 Å². The monoisotopic (exact) mass is 209 g/mol. The van der Waals surface area contributed by atoms with Gasteiger partial charge in [0.2, 0.25) is 0 Å². The molecule has 0 unspecified atom stereocenters. The highest BCUT2D eigenvalue weighted by Crippen LogP contribution is 2.18. The van der Waals surface area contributed by atoms with Gasteiger partial charge in [-0.15, -0.1) is 0 Å². The number of amides is 1. The van der Waals surface area contributed by atoms with Crippen LogP contribution in [0.15, 0.2) is 18.2 Å². The Labute approximate surface area is 87.1 Å². The molecule has 0 spiro atoms. The van der Waals surface area contributed by atoms with Crippen molar-refractivity contribution in [1.82, 2.24) is 4.90 Å². The molecule has 1 heterocycles. The van der Waals surface area contributed by atoms with Gasteiger partial charge < -0.3 is 10.0 Å². The van der Waals surface area contributed by atoms with Crippen molar-refractivity contribution in [3.05, 3.63) is 29.6 Å². The fraction of sp³-hybridized carbons (Fsp3) is 0.364. The average Bonchev–Trinajstić information content (AvgIpc) is 2.69. The van der Waals surface area contributed by atoms with Gasteiger partial charge in [0.1, 0.15) is 11.6 Å². The van der Waals surface area contributed by atoms with E-state index in [-0.39, 0.29) is 17.2 Å². The van der Waals surface area contributed by atoms with Crippen LogP contribution in [-0.4, -0.2) is 29.0 Å². The Balaban J connectivity index is 2.24. The molecule has 0 radical (unpaired) electrons. The molecule has 80 valence electrons. The van der Waals surface area contributed by atoms with Crippen LogP contribution < -0.4 is 0 Å². The van der Waals surface area contributed by atoms with Gasteiger partial charge >= 0.3 is 0 Å². The Morgan fingerprint density at radius 3 is 2.60 bits per heavy atom. The number of carbonyl (C=O) groups excluding carboxylic acids is 1. The predicted molar refractivity (Wildman–Crippen MR) is 53.2 cm³/mol. The lowest BCUT2D eigenvalue weighted by molar-refractivity contribution is 0.0788. The molecule has 1 aliphatic heterocycles. The highest BCUT2D eigenvalue weighted by atomic mass is 19.1. The number of phenols is 1. The maximum absolute atomic E-state index is 13.3. The number of halogens is 1. The minimum atomic E-state index is -0.660. The van der Waals surface area contributed by atoms with Crippen LogP contribution in [0.5, 0.6) is 5.75 Å². The summed E-state index contributed by atoms with van der Waals surface area (Å²) in [6.45, 7) is 1.39. The number of benzene rings is 1. The summed E-state index contributed by atoms with van der Waals surface area (Å²) in [5.41, 5.74) is 0.0368. The number of carbonyl (C=O) groups is 1. The molecular weight excluding hydrogens is 197 g/mol. The fourth-order valence-corrected chi connectivity index (χ4v) is 1.77. The Bertz CT molecular complexity index is 386. The lowest BCUT2D eigenvalue weighted by Gasteiger charge is -2.15. The molecule has 1 fully saturated rings. The summed E-state index contributed by atoms with van der Waals surface area (Å²) in [7, 11) is 0. The van der Waals surface area contributed by atoms with Gasteiger partial charge in [0.15, 0.2) is 0 Å². The molecule has 1 N–H and O–H groups in total. The minimum absolute atomic E-state index is 0.0368. The maximum Gasteiger partial charge on any atom is 0.256 e. The van der Waals surface area contributed by atoms with Crippen LogP contribution in [0.25, 0.3) is 0 Å². The van der Waals surface area contributed by atoms with E-state index in [1.165, 1.54) is 12.1 Å². The second kappa shape index (κ2) is 3.88. The summed E-state index contributed by atoms with van der Waals surface area (Å²) >= 11 is 0. The van der Waals surface area contributed by atoms with Crippen molar-refractivity contribution < 1.29 is 14.3 Å². The third-order valence-corrected chi connectivity index (χ3v) is 2.58. The quantitative estimate of drug-likeness (QED) is 0.765. The molecule has 0 aromatic heterocycles. The topological polar surface area (TPSA) is 40.5 Å². The molecule has 1 saturated heterocycles. The van der Waals surface area contributed by atoms with Crippen molar-refractivity contribution >= 4 is 5.91 Å². The van der Waals surface area contributed by atoms with Crippen molar-refractivity contribution in [2.45, 2.75) is 12.8 Å². The minimum Gasteiger partial charge on any atom is -0.508 e. The van der Waals surface area contributed by atoms with E-state index in [4.69, 9.17) is 5.11 Å². The number of phenolic OH excluding ortho intramolecular Hbond substituents is 1. The summed E-state index contributed by atoms with van der Waals surface area (Å²) in [6.07, 6.45) is 1.96. The second-order valence-corrected chi connectivity index (χ2v) is 3.66. The van der Waals surface area contributed by atoms with Crippen LogP contribution in [0.1, 0.15) is 23.2 Å². The van der Waals surface area contributed by atoms with E-state index in [9.17, 15) is 9.18 Å². The molecule has 0 atom stereocenters. The maximum atomic E-state index is 13.3. The highest BCUT2D eigenvalue weighted by molar-refractivity contribution is 5.94. The molecular formula is C11H12FNO2. The number of hydrogen-bond acceptors (Lipinski definition) is 2. The SMILES string of the molecule is O=C(c1ccc(O)cc1F)N1CCCC1. The van der Waals surface area contributed by atoms with Gasteiger partial charge in [-0.25, -0.2) is 4.39 Å².